The van der Waals surface area contributed by atoms with Crippen LogP contribution in [0.3, 0.4) is 0 Å². The summed E-state index contributed by atoms with van der Waals surface area (Å²) in [6.45, 7) is 2.22. The van der Waals surface area contributed by atoms with Gasteiger partial charge in [0.05, 0.1) is 0 Å². The van der Waals surface area contributed by atoms with Gasteiger partial charge in [0.15, 0.2) is 5.78 Å². The minimum Gasteiger partial charge on any atom is -0.328 e. The molecule has 28 heavy (non-hydrogen) atoms. The van der Waals surface area contributed by atoms with Gasteiger partial charge in [-0.25, -0.2) is 4.68 Å². The number of carbonyl (C=O) groups excluding carboxylic acids is 1. The second kappa shape index (κ2) is 8.70. The fraction of sp³-hybridized carbons (Fsp3) is 0.476. The molecule has 0 radical (unpaired) electrons. The number of anilines is 1. The topological polar surface area (TPSA) is 59.8 Å². The zero-order valence-electron chi connectivity index (χ0n) is 16.1. The largest absolute Gasteiger partial charge is 0.328 e. The van der Waals surface area contributed by atoms with Crippen LogP contribution in [-0.4, -0.2) is 26.3 Å². The Bertz CT molecular complexity index is 890. The number of hydrogen-bond acceptors (Lipinski definition) is 5. The monoisotopic (exact) mass is 416 g/mol. The number of halogens is 1. The SMILES string of the molecule is CCCCCCSc1nc2n(n1)[C@@H](c1ccc(Cl)cc1)C1=C(CCCC1=O)N2. The Labute approximate surface area is 174 Å². The Hall–Kier alpha value is -1.79. The van der Waals surface area contributed by atoms with Crippen LogP contribution in [0.4, 0.5) is 5.95 Å². The van der Waals surface area contributed by atoms with Crippen LogP contribution >= 0.6 is 23.4 Å². The van der Waals surface area contributed by atoms with Gasteiger partial charge < -0.3 is 5.32 Å². The van der Waals surface area contributed by atoms with Crippen LogP contribution in [0.1, 0.15) is 63.5 Å². The van der Waals surface area contributed by atoms with E-state index in [0.717, 1.165) is 46.5 Å². The van der Waals surface area contributed by atoms with E-state index in [-0.39, 0.29) is 11.8 Å². The van der Waals surface area contributed by atoms with E-state index in [2.05, 4.69) is 12.2 Å². The number of aromatic nitrogens is 3. The van der Waals surface area contributed by atoms with Crippen LogP contribution in [0.25, 0.3) is 0 Å². The van der Waals surface area contributed by atoms with Gasteiger partial charge in [-0.05, 0) is 37.0 Å². The van der Waals surface area contributed by atoms with Gasteiger partial charge in [0.1, 0.15) is 6.04 Å². The Morgan fingerprint density at radius 3 is 2.82 bits per heavy atom. The number of Topliss-reactive ketones (excluding diaryl/α,β-unsaturated/α-hetero) is 1. The Morgan fingerprint density at radius 2 is 2.04 bits per heavy atom. The molecular formula is C21H25ClN4OS. The van der Waals surface area contributed by atoms with E-state index in [1.54, 1.807) is 11.8 Å². The number of benzene rings is 1. The molecule has 0 saturated carbocycles. The maximum absolute atomic E-state index is 12.8. The van der Waals surface area contributed by atoms with Crippen LogP contribution in [0.5, 0.6) is 0 Å². The van der Waals surface area contributed by atoms with Gasteiger partial charge in [0.2, 0.25) is 11.1 Å². The lowest BCUT2D eigenvalue weighted by atomic mass is 9.85. The van der Waals surface area contributed by atoms with Crippen LogP contribution in [0, 0.1) is 0 Å². The molecule has 1 atom stereocenters. The molecule has 4 rings (SSSR count). The number of hydrogen-bond donors (Lipinski definition) is 1. The maximum atomic E-state index is 12.8. The number of rotatable bonds is 7. The first kappa shape index (κ1) is 19.5. The lowest BCUT2D eigenvalue weighted by Crippen LogP contribution is -2.31. The summed E-state index contributed by atoms with van der Waals surface area (Å²) in [7, 11) is 0. The number of unbranched alkanes of at least 4 members (excludes halogenated alkanes) is 3. The van der Waals surface area contributed by atoms with E-state index in [0.29, 0.717) is 11.4 Å². The minimum atomic E-state index is -0.238. The van der Waals surface area contributed by atoms with E-state index in [1.807, 2.05) is 28.9 Å². The molecular weight excluding hydrogens is 392 g/mol. The van der Waals surface area contributed by atoms with E-state index in [4.69, 9.17) is 21.7 Å². The fourth-order valence-corrected chi connectivity index (χ4v) is 4.80. The van der Waals surface area contributed by atoms with E-state index >= 15 is 0 Å². The summed E-state index contributed by atoms with van der Waals surface area (Å²) in [6, 6.07) is 7.46. The fourth-order valence-electron chi connectivity index (χ4n) is 3.84. The zero-order valence-corrected chi connectivity index (χ0v) is 17.7. The van der Waals surface area contributed by atoms with Crippen molar-refractivity contribution in [2.24, 2.45) is 0 Å². The lowest BCUT2D eigenvalue weighted by molar-refractivity contribution is -0.116. The maximum Gasteiger partial charge on any atom is 0.227 e. The normalized spacial score (nSPS) is 18.6. The Kier molecular flexibility index (Phi) is 6.07. The summed E-state index contributed by atoms with van der Waals surface area (Å²) in [5.41, 5.74) is 2.83. The molecule has 0 bridgehead atoms. The van der Waals surface area contributed by atoms with Crippen LogP contribution in [-0.2, 0) is 4.79 Å². The van der Waals surface area contributed by atoms with Crippen LogP contribution in [0.15, 0.2) is 40.7 Å². The highest BCUT2D eigenvalue weighted by molar-refractivity contribution is 7.99. The van der Waals surface area contributed by atoms with Crippen LogP contribution < -0.4 is 5.32 Å². The van der Waals surface area contributed by atoms with Gasteiger partial charge in [-0.1, -0.05) is 61.7 Å². The van der Waals surface area contributed by atoms with Gasteiger partial charge in [-0.2, -0.15) is 4.98 Å². The number of nitrogens with one attached hydrogen (secondary N) is 1. The first-order valence-electron chi connectivity index (χ1n) is 10.1. The lowest BCUT2D eigenvalue weighted by Gasteiger charge is -2.32. The molecule has 2 heterocycles. The molecule has 7 heteroatoms. The summed E-state index contributed by atoms with van der Waals surface area (Å²) >= 11 is 7.78. The molecule has 148 valence electrons. The van der Waals surface area contributed by atoms with Crippen molar-refractivity contribution in [3.8, 4) is 0 Å². The van der Waals surface area contributed by atoms with Crippen molar-refractivity contribution in [1.29, 1.82) is 0 Å². The summed E-state index contributed by atoms with van der Waals surface area (Å²) in [4.78, 5) is 17.5. The van der Waals surface area contributed by atoms with Gasteiger partial charge in [0, 0.05) is 28.5 Å². The van der Waals surface area contributed by atoms with Crippen molar-refractivity contribution in [1.82, 2.24) is 14.8 Å². The molecule has 0 saturated heterocycles. The van der Waals surface area contributed by atoms with Crippen molar-refractivity contribution in [2.45, 2.75) is 63.1 Å². The van der Waals surface area contributed by atoms with E-state index < -0.39 is 0 Å². The standard InChI is InChI=1S/C21H25ClN4OS/c1-2-3-4-5-13-28-21-24-20-23-16-7-6-8-17(27)18(16)19(26(20)25-21)14-9-11-15(22)12-10-14/h9-12,19H,2-8,13H2,1H3,(H,23,24,25)/t19-/m0/s1. The van der Waals surface area contributed by atoms with Crippen molar-refractivity contribution >= 4 is 35.1 Å². The highest BCUT2D eigenvalue weighted by Gasteiger charge is 2.36. The van der Waals surface area contributed by atoms with Crippen molar-refractivity contribution in [3.63, 3.8) is 0 Å². The molecule has 2 aromatic rings. The number of thioether (sulfide) groups is 1. The molecule has 1 aromatic heterocycles. The summed E-state index contributed by atoms with van der Waals surface area (Å²) in [5.74, 6) is 1.94. The number of fused-ring (bicyclic) bond motifs is 1. The van der Waals surface area contributed by atoms with Gasteiger partial charge in [-0.3, -0.25) is 4.79 Å². The third-order valence-corrected chi connectivity index (χ3v) is 6.44. The molecule has 1 N–H and O–H groups in total. The highest BCUT2D eigenvalue weighted by atomic mass is 35.5. The van der Waals surface area contributed by atoms with Gasteiger partial charge in [0.25, 0.3) is 0 Å². The quantitative estimate of drug-likeness (QED) is 0.468. The average molecular weight is 417 g/mol. The molecule has 2 aliphatic rings. The Balaban J connectivity index is 1.64. The Morgan fingerprint density at radius 1 is 1.21 bits per heavy atom. The van der Waals surface area contributed by atoms with Crippen molar-refractivity contribution in [2.75, 3.05) is 11.1 Å². The van der Waals surface area contributed by atoms with Gasteiger partial charge >= 0.3 is 0 Å². The molecule has 0 amide bonds. The molecule has 1 aliphatic heterocycles. The van der Waals surface area contributed by atoms with Crippen LogP contribution in [0.2, 0.25) is 5.02 Å². The zero-order chi connectivity index (χ0) is 19.5. The first-order chi connectivity index (χ1) is 13.7. The second-order valence-electron chi connectivity index (χ2n) is 7.32. The number of nitrogens with zero attached hydrogens (tertiary/aromatic N) is 3. The molecule has 0 fully saturated rings. The van der Waals surface area contributed by atoms with E-state index in [1.165, 1.54) is 25.7 Å². The summed E-state index contributed by atoms with van der Waals surface area (Å²) in [6.07, 6.45) is 7.26. The molecule has 0 spiro atoms. The summed E-state index contributed by atoms with van der Waals surface area (Å²) < 4.78 is 1.87. The minimum absolute atomic E-state index is 0.198. The smallest absolute Gasteiger partial charge is 0.227 e. The summed E-state index contributed by atoms with van der Waals surface area (Å²) in [5, 5.41) is 9.59. The predicted octanol–water partition coefficient (Wildman–Crippen LogP) is 5.63. The first-order valence-corrected chi connectivity index (χ1v) is 11.4. The predicted molar refractivity (Wildman–Crippen MR) is 114 cm³/mol. The molecule has 1 aromatic carbocycles. The number of allylic oxidation sites excluding steroid dienone is 2. The number of ketones is 1. The molecule has 5 nitrogen and oxygen atoms in total. The van der Waals surface area contributed by atoms with Gasteiger partial charge in [-0.15, -0.1) is 5.10 Å². The second-order valence-corrected chi connectivity index (χ2v) is 8.82. The highest BCUT2D eigenvalue weighted by Crippen LogP contribution is 2.40. The average Bonchev–Trinajstić information content (AvgIpc) is 3.09. The third-order valence-electron chi connectivity index (χ3n) is 5.26. The van der Waals surface area contributed by atoms with Crippen molar-refractivity contribution in [3.05, 3.63) is 46.1 Å². The number of carbonyl (C=O) groups is 1. The third kappa shape index (κ3) is 3.98. The van der Waals surface area contributed by atoms with E-state index in [9.17, 15) is 4.79 Å². The molecule has 1 aliphatic carbocycles. The molecule has 0 unspecified atom stereocenters. The van der Waals surface area contributed by atoms with Crippen molar-refractivity contribution < 1.29 is 4.79 Å².